The molecule has 2 N–H and O–H groups in total. The zero-order valence-corrected chi connectivity index (χ0v) is 9.17. The maximum Gasteiger partial charge on any atom is 0.400 e. The second-order valence-electron chi connectivity index (χ2n) is 3.34. The number of carbonyl (C=O) groups is 1. The minimum atomic E-state index is -0.759. The van der Waals surface area contributed by atoms with Crippen molar-refractivity contribution in [3.8, 4) is 0 Å². The summed E-state index contributed by atoms with van der Waals surface area (Å²) < 4.78 is 17.5. The summed E-state index contributed by atoms with van der Waals surface area (Å²) in [6.45, 7) is 0. The third-order valence-electron chi connectivity index (χ3n) is 2.09. The van der Waals surface area contributed by atoms with E-state index in [0.717, 1.165) is 0 Å². The molecular weight excluding hydrogens is 239 g/mol. The molecule has 0 unspecified atom stereocenters. The Hall–Kier alpha value is -2.63. The molecule has 2 rings (SSSR count). The quantitative estimate of drug-likeness (QED) is 0.389. The van der Waals surface area contributed by atoms with Crippen molar-refractivity contribution < 1.29 is 18.4 Å². The first kappa shape index (κ1) is 11.8. The zero-order chi connectivity index (χ0) is 13.0. The van der Waals surface area contributed by atoms with Crippen LogP contribution in [0.3, 0.4) is 0 Å². The van der Waals surface area contributed by atoms with Crippen molar-refractivity contribution in [3.63, 3.8) is 0 Å². The zero-order valence-electron chi connectivity index (χ0n) is 9.17. The molecule has 92 valence electrons. The summed E-state index contributed by atoms with van der Waals surface area (Å²) in [7, 11) is 0. The summed E-state index contributed by atoms with van der Waals surface area (Å²) in [4.78, 5) is 15.9. The first-order valence-electron chi connectivity index (χ1n) is 5.01. The Morgan fingerprint density at radius 1 is 1.28 bits per heavy atom. The van der Waals surface area contributed by atoms with E-state index in [4.69, 9.17) is 10.2 Å². The minimum absolute atomic E-state index is 0.0191. The molecule has 0 aliphatic rings. The van der Waals surface area contributed by atoms with Crippen LogP contribution < -0.4 is 5.73 Å². The lowest BCUT2D eigenvalue weighted by atomic mass is 10.2. The number of nitrogens with zero attached hydrogens (tertiary/aromatic N) is 1. The van der Waals surface area contributed by atoms with Gasteiger partial charge in [0.25, 0.3) is 0 Å². The molecule has 0 bridgehead atoms. The average Bonchev–Trinajstić information content (AvgIpc) is 2.90. The molecule has 0 saturated heterocycles. The molecule has 0 amide bonds. The van der Waals surface area contributed by atoms with Crippen molar-refractivity contribution >= 4 is 11.8 Å². The number of rotatable bonds is 3. The molecule has 0 aliphatic heterocycles. The van der Waals surface area contributed by atoms with Crippen LogP contribution in [-0.4, -0.2) is 11.8 Å². The van der Waals surface area contributed by atoms with E-state index in [1.54, 1.807) is 6.07 Å². The first-order chi connectivity index (χ1) is 8.66. The predicted molar refractivity (Wildman–Crippen MR) is 61.2 cm³/mol. The lowest BCUT2D eigenvalue weighted by Gasteiger charge is -1.99. The number of nitrogens with two attached hydrogens (primary N) is 1. The van der Waals surface area contributed by atoms with Gasteiger partial charge in [-0.05, 0) is 36.4 Å². The summed E-state index contributed by atoms with van der Waals surface area (Å²) >= 11 is 0. The van der Waals surface area contributed by atoms with E-state index >= 15 is 0 Å². The van der Waals surface area contributed by atoms with Crippen LogP contribution >= 0.6 is 0 Å². The second-order valence-corrected chi connectivity index (χ2v) is 3.34. The Kier molecular flexibility index (Phi) is 3.38. The second kappa shape index (κ2) is 5.13. The topological polar surface area (TPSA) is 77.8 Å². The molecule has 0 spiro atoms. The Morgan fingerprint density at radius 2 is 2.00 bits per heavy atom. The van der Waals surface area contributed by atoms with E-state index < -0.39 is 5.97 Å². The fourth-order valence-corrected chi connectivity index (χ4v) is 1.20. The predicted octanol–water partition coefficient (Wildman–Crippen LogP) is 1.90. The lowest BCUT2D eigenvalue weighted by molar-refractivity contribution is 0.0479. The fraction of sp³-hybridized carbons (Fsp3) is 0. The summed E-state index contributed by atoms with van der Waals surface area (Å²) in [6.07, 6.45) is 1.34. The van der Waals surface area contributed by atoms with Crippen LogP contribution in [0.5, 0.6) is 0 Å². The number of benzene rings is 1. The van der Waals surface area contributed by atoms with E-state index in [2.05, 4.69) is 9.99 Å². The highest BCUT2D eigenvalue weighted by atomic mass is 19.1. The number of furan rings is 1. The average molecular weight is 248 g/mol. The third kappa shape index (κ3) is 2.73. The van der Waals surface area contributed by atoms with E-state index in [0.29, 0.717) is 5.56 Å². The van der Waals surface area contributed by atoms with Crippen molar-refractivity contribution in [1.29, 1.82) is 0 Å². The van der Waals surface area contributed by atoms with E-state index in [-0.39, 0.29) is 17.4 Å². The standard InChI is InChI=1S/C12H9FN2O3/c13-9-5-3-8(4-6-9)11(14)15-18-12(16)10-2-1-7-17-10/h1-7H,(H2,14,15). The number of hydrogen-bond donors (Lipinski definition) is 1. The molecule has 2 aromatic rings. The van der Waals surface area contributed by atoms with Crippen molar-refractivity contribution in [3.05, 3.63) is 59.8 Å². The van der Waals surface area contributed by atoms with E-state index in [1.807, 2.05) is 0 Å². The van der Waals surface area contributed by atoms with Crippen LogP contribution in [0.25, 0.3) is 0 Å². The van der Waals surface area contributed by atoms with Gasteiger partial charge in [0.05, 0.1) is 6.26 Å². The van der Waals surface area contributed by atoms with Gasteiger partial charge in [-0.2, -0.15) is 0 Å². The normalized spacial score (nSPS) is 11.3. The minimum Gasteiger partial charge on any atom is -0.457 e. The Bertz CT molecular complexity index is 562. The summed E-state index contributed by atoms with van der Waals surface area (Å²) in [6, 6.07) is 8.29. The van der Waals surface area contributed by atoms with Crippen molar-refractivity contribution in [2.45, 2.75) is 0 Å². The Labute approximate surface area is 102 Å². The lowest BCUT2D eigenvalue weighted by Crippen LogP contribution is -2.15. The Morgan fingerprint density at radius 3 is 2.61 bits per heavy atom. The molecule has 0 fully saturated rings. The molecule has 1 aromatic carbocycles. The van der Waals surface area contributed by atoms with Gasteiger partial charge >= 0.3 is 5.97 Å². The van der Waals surface area contributed by atoms with Crippen LogP contribution in [0, 0.1) is 5.82 Å². The SMILES string of the molecule is N/C(=N\OC(=O)c1ccco1)c1ccc(F)cc1. The molecular formula is C12H9FN2O3. The van der Waals surface area contributed by atoms with E-state index in [9.17, 15) is 9.18 Å². The van der Waals surface area contributed by atoms with Crippen LogP contribution in [-0.2, 0) is 4.84 Å². The smallest absolute Gasteiger partial charge is 0.400 e. The first-order valence-corrected chi connectivity index (χ1v) is 5.01. The van der Waals surface area contributed by atoms with Crippen molar-refractivity contribution in [2.75, 3.05) is 0 Å². The molecule has 1 aromatic heterocycles. The molecule has 5 nitrogen and oxygen atoms in total. The van der Waals surface area contributed by atoms with Gasteiger partial charge in [0.1, 0.15) is 5.82 Å². The summed E-state index contributed by atoms with van der Waals surface area (Å²) in [5, 5.41) is 3.44. The monoisotopic (exact) mass is 248 g/mol. The third-order valence-corrected chi connectivity index (χ3v) is 2.09. The van der Waals surface area contributed by atoms with Gasteiger partial charge in [-0.15, -0.1) is 0 Å². The van der Waals surface area contributed by atoms with E-state index in [1.165, 1.54) is 36.6 Å². The number of halogens is 1. The Balaban J connectivity index is 2.05. The highest BCUT2D eigenvalue weighted by molar-refractivity contribution is 5.97. The van der Waals surface area contributed by atoms with Crippen molar-refractivity contribution in [1.82, 2.24) is 0 Å². The molecule has 0 radical (unpaired) electrons. The molecule has 0 saturated carbocycles. The largest absolute Gasteiger partial charge is 0.457 e. The van der Waals surface area contributed by atoms with Gasteiger partial charge in [-0.1, -0.05) is 5.16 Å². The van der Waals surface area contributed by atoms with Crippen LogP contribution in [0.4, 0.5) is 4.39 Å². The molecule has 0 aliphatic carbocycles. The molecule has 0 atom stereocenters. The van der Waals surface area contributed by atoms with Gasteiger partial charge < -0.3 is 15.0 Å². The highest BCUT2D eigenvalue weighted by Crippen LogP contribution is 2.05. The van der Waals surface area contributed by atoms with Gasteiger partial charge in [0, 0.05) is 5.56 Å². The molecule has 18 heavy (non-hydrogen) atoms. The van der Waals surface area contributed by atoms with Crippen molar-refractivity contribution in [2.24, 2.45) is 10.9 Å². The fourth-order valence-electron chi connectivity index (χ4n) is 1.20. The number of oxime groups is 1. The summed E-state index contributed by atoms with van der Waals surface area (Å²) in [5.74, 6) is -1.16. The number of amidine groups is 1. The maximum atomic E-state index is 12.7. The van der Waals surface area contributed by atoms with Crippen LogP contribution in [0.15, 0.2) is 52.2 Å². The molecule has 6 heteroatoms. The van der Waals surface area contributed by atoms with Crippen LogP contribution in [0.1, 0.15) is 16.1 Å². The maximum absolute atomic E-state index is 12.7. The van der Waals surface area contributed by atoms with Gasteiger partial charge in [-0.25, -0.2) is 9.18 Å². The van der Waals surface area contributed by atoms with Gasteiger partial charge in [0.15, 0.2) is 5.84 Å². The molecule has 1 heterocycles. The van der Waals surface area contributed by atoms with Gasteiger partial charge in [-0.3, -0.25) is 0 Å². The van der Waals surface area contributed by atoms with Gasteiger partial charge in [0.2, 0.25) is 5.76 Å². The highest BCUT2D eigenvalue weighted by Gasteiger charge is 2.10. The summed E-state index contributed by atoms with van der Waals surface area (Å²) in [5.41, 5.74) is 6.01. The number of hydrogen-bond acceptors (Lipinski definition) is 4. The van der Waals surface area contributed by atoms with Crippen LogP contribution in [0.2, 0.25) is 0 Å². The number of carbonyl (C=O) groups excluding carboxylic acids is 1.